The molecule has 3 aromatic carbocycles. The molecule has 0 fully saturated rings. The molecule has 1 atom stereocenters. The van der Waals surface area contributed by atoms with Gasteiger partial charge in [-0.05, 0) is 53.9 Å². The standard InChI is InChI=1S/C24H18Cl2FN/c1-14-7-8-19(20(25)9-14)17-11-21(26)24(22(27)12-17)15(2)18-10-16-5-3-4-6-23(16)28-13-18/h3-13,15H,1-2H3. The summed E-state index contributed by atoms with van der Waals surface area (Å²) in [6.07, 6.45) is 1.79. The van der Waals surface area contributed by atoms with Crippen LogP contribution in [0.25, 0.3) is 22.0 Å². The maximum absolute atomic E-state index is 15.1. The van der Waals surface area contributed by atoms with Gasteiger partial charge in [0.1, 0.15) is 5.82 Å². The number of pyridine rings is 1. The molecular formula is C24H18Cl2FN. The van der Waals surface area contributed by atoms with Crippen LogP contribution < -0.4 is 0 Å². The van der Waals surface area contributed by atoms with Gasteiger partial charge in [0.15, 0.2) is 0 Å². The normalized spacial score (nSPS) is 12.3. The van der Waals surface area contributed by atoms with E-state index < -0.39 is 0 Å². The minimum atomic E-state index is -0.347. The molecule has 0 radical (unpaired) electrons. The number of aryl methyl sites for hydroxylation is 1. The van der Waals surface area contributed by atoms with Crippen molar-refractivity contribution in [3.05, 3.63) is 99.4 Å². The van der Waals surface area contributed by atoms with E-state index in [2.05, 4.69) is 4.98 Å². The summed E-state index contributed by atoms with van der Waals surface area (Å²) in [7, 11) is 0. The van der Waals surface area contributed by atoms with Crippen molar-refractivity contribution in [2.75, 3.05) is 0 Å². The molecule has 4 heteroatoms. The van der Waals surface area contributed by atoms with Crippen LogP contribution in [0.4, 0.5) is 4.39 Å². The van der Waals surface area contributed by atoms with Crippen LogP contribution in [-0.2, 0) is 0 Å². The van der Waals surface area contributed by atoms with Gasteiger partial charge in [0.2, 0.25) is 0 Å². The van der Waals surface area contributed by atoms with Gasteiger partial charge < -0.3 is 0 Å². The van der Waals surface area contributed by atoms with Crippen molar-refractivity contribution in [3.8, 4) is 11.1 Å². The molecular weight excluding hydrogens is 392 g/mol. The lowest BCUT2D eigenvalue weighted by Crippen LogP contribution is -2.02. The zero-order valence-electron chi connectivity index (χ0n) is 15.5. The van der Waals surface area contributed by atoms with Gasteiger partial charge in [0.25, 0.3) is 0 Å². The van der Waals surface area contributed by atoms with Gasteiger partial charge in [0.05, 0.1) is 5.52 Å². The van der Waals surface area contributed by atoms with Crippen molar-refractivity contribution in [1.29, 1.82) is 0 Å². The minimum Gasteiger partial charge on any atom is -0.256 e. The highest BCUT2D eigenvalue weighted by atomic mass is 35.5. The lowest BCUT2D eigenvalue weighted by atomic mass is 9.91. The number of aromatic nitrogens is 1. The van der Waals surface area contributed by atoms with Crippen LogP contribution in [0.1, 0.15) is 29.5 Å². The Hall–Kier alpha value is -2.42. The third-order valence-corrected chi connectivity index (χ3v) is 5.68. The third-order valence-electron chi connectivity index (χ3n) is 5.06. The van der Waals surface area contributed by atoms with E-state index in [1.54, 1.807) is 12.3 Å². The second-order valence-corrected chi connectivity index (χ2v) is 7.83. The van der Waals surface area contributed by atoms with Gasteiger partial charge in [0, 0.05) is 38.7 Å². The second kappa shape index (κ2) is 7.54. The van der Waals surface area contributed by atoms with E-state index in [-0.39, 0.29) is 11.7 Å². The summed E-state index contributed by atoms with van der Waals surface area (Å²) in [4.78, 5) is 4.49. The SMILES string of the molecule is Cc1ccc(-c2cc(F)c(C(C)c3cnc4ccccc4c3)c(Cl)c2)c(Cl)c1. The van der Waals surface area contributed by atoms with Crippen molar-refractivity contribution >= 4 is 34.1 Å². The Kier molecular flexibility index (Phi) is 5.09. The molecule has 1 unspecified atom stereocenters. The molecule has 0 aliphatic heterocycles. The van der Waals surface area contributed by atoms with Gasteiger partial charge in [-0.1, -0.05) is 60.5 Å². The Bertz CT molecular complexity index is 1160. The second-order valence-electron chi connectivity index (χ2n) is 7.02. The van der Waals surface area contributed by atoms with Crippen molar-refractivity contribution in [2.45, 2.75) is 19.8 Å². The fourth-order valence-electron chi connectivity index (χ4n) is 3.50. The number of nitrogens with zero attached hydrogens (tertiary/aromatic N) is 1. The predicted molar refractivity (Wildman–Crippen MR) is 116 cm³/mol. The fraction of sp³-hybridized carbons (Fsp3) is 0.125. The van der Waals surface area contributed by atoms with Crippen molar-refractivity contribution in [2.24, 2.45) is 0 Å². The Morgan fingerprint density at radius 2 is 1.71 bits per heavy atom. The van der Waals surface area contributed by atoms with E-state index in [0.29, 0.717) is 21.2 Å². The minimum absolute atomic E-state index is 0.229. The first-order valence-electron chi connectivity index (χ1n) is 9.04. The number of rotatable bonds is 3. The molecule has 0 saturated carbocycles. The van der Waals surface area contributed by atoms with Crippen LogP contribution >= 0.6 is 23.2 Å². The molecule has 0 spiro atoms. The van der Waals surface area contributed by atoms with Crippen LogP contribution in [0.5, 0.6) is 0 Å². The topological polar surface area (TPSA) is 12.9 Å². The summed E-state index contributed by atoms with van der Waals surface area (Å²) in [5.74, 6) is -0.577. The van der Waals surface area contributed by atoms with E-state index in [1.165, 1.54) is 6.07 Å². The van der Waals surface area contributed by atoms with Gasteiger partial charge >= 0.3 is 0 Å². The van der Waals surface area contributed by atoms with Gasteiger partial charge in [-0.25, -0.2) is 4.39 Å². The highest BCUT2D eigenvalue weighted by molar-refractivity contribution is 6.34. The monoisotopic (exact) mass is 409 g/mol. The fourth-order valence-corrected chi connectivity index (χ4v) is 4.21. The first-order chi connectivity index (χ1) is 13.4. The zero-order valence-corrected chi connectivity index (χ0v) is 17.0. The lowest BCUT2D eigenvalue weighted by molar-refractivity contribution is 0.603. The summed E-state index contributed by atoms with van der Waals surface area (Å²) < 4.78 is 15.1. The smallest absolute Gasteiger partial charge is 0.129 e. The Morgan fingerprint density at radius 1 is 0.929 bits per heavy atom. The van der Waals surface area contributed by atoms with E-state index in [1.807, 2.05) is 62.4 Å². The number of fused-ring (bicyclic) bond motifs is 1. The van der Waals surface area contributed by atoms with Crippen LogP contribution in [0, 0.1) is 12.7 Å². The highest BCUT2D eigenvalue weighted by Crippen LogP contribution is 2.38. The number of halogens is 3. The van der Waals surface area contributed by atoms with Gasteiger partial charge in [-0.2, -0.15) is 0 Å². The summed E-state index contributed by atoms with van der Waals surface area (Å²) in [6, 6.07) is 18.9. The van der Waals surface area contributed by atoms with Crippen LogP contribution in [0.15, 0.2) is 66.9 Å². The first-order valence-corrected chi connectivity index (χ1v) is 9.80. The molecule has 1 aromatic heterocycles. The van der Waals surface area contributed by atoms with E-state index >= 15 is 4.39 Å². The van der Waals surface area contributed by atoms with Crippen LogP contribution in [-0.4, -0.2) is 4.98 Å². The molecule has 4 rings (SSSR count). The number of benzene rings is 3. The summed E-state index contributed by atoms with van der Waals surface area (Å²) in [6.45, 7) is 3.90. The van der Waals surface area contributed by atoms with Gasteiger partial charge in [-0.3, -0.25) is 4.98 Å². The number of hydrogen-bond acceptors (Lipinski definition) is 1. The molecule has 140 valence electrons. The molecule has 1 heterocycles. The lowest BCUT2D eigenvalue weighted by Gasteiger charge is -2.17. The maximum Gasteiger partial charge on any atom is 0.129 e. The predicted octanol–water partition coefficient (Wildman–Crippen LogP) is 7.81. The summed E-state index contributed by atoms with van der Waals surface area (Å²) in [5.41, 5.74) is 4.77. The molecule has 4 aromatic rings. The molecule has 0 aliphatic carbocycles. The van der Waals surface area contributed by atoms with E-state index in [9.17, 15) is 0 Å². The molecule has 0 bridgehead atoms. The molecule has 0 aliphatic rings. The quantitative estimate of drug-likeness (QED) is 0.336. The van der Waals surface area contributed by atoms with Crippen molar-refractivity contribution in [1.82, 2.24) is 4.98 Å². The Balaban J connectivity index is 1.77. The highest BCUT2D eigenvalue weighted by Gasteiger charge is 2.20. The van der Waals surface area contributed by atoms with Crippen molar-refractivity contribution < 1.29 is 4.39 Å². The molecule has 1 nitrogen and oxygen atoms in total. The average molecular weight is 410 g/mol. The third kappa shape index (κ3) is 3.50. The maximum atomic E-state index is 15.1. The van der Waals surface area contributed by atoms with Crippen LogP contribution in [0.3, 0.4) is 0 Å². The molecule has 0 N–H and O–H groups in total. The van der Waals surface area contributed by atoms with E-state index in [4.69, 9.17) is 23.2 Å². The Labute approximate surface area is 173 Å². The zero-order chi connectivity index (χ0) is 19.8. The number of para-hydroxylation sites is 1. The van der Waals surface area contributed by atoms with Gasteiger partial charge in [-0.15, -0.1) is 0 Å². The summed E-state index contributed by atoms with van der Waals surface area (Å²) >= 11 is 12.9. The largest absolute Gasteiger partial charge is 0.256 e. The van der Waals surface area contributed by atoms with Crippen LogP contribution in [0.2, 0.25) is 10.0 Å². The average Bonchev–Trinajstić information content (AvgIpc) is 2.67. The molecule has 0 saturated heterocycles. The first kappa shape index (κ1) is 18.9. The van der Waals surface area contributed by atoms with Crippen molar-refractivity contribution in [3.63, 3.8) is 0 Å². The van der Waals surface area contributed by atoms with E-state index in [0.717, 1.165) is 27.6 Å². The summed E-state index contributed by atoms with van der Waals surface area (Å²) in [5, 5.41) is 1.98. The number of hydrogen-bond donors (Lipinski definition) is 0. The Morgan fingerprint density at radius 3 is 2.46 bits per heavy atom. The molecule has 0 amide bonds. The molecule has 28 heavy (non-hydrogen) atoms.